The van der Waals surface area contributed by atoms with Gasteiger partial charge in [0.15, 0.2) is 6.17 Å². The normalized spacial score (nSPS) is 24.6. The molecule has 2 aromatic carbocycles. The van der Waals surface area contributed by atoms with E-state index in [-0.39, 0.29) is 18.6 Å². The molecule has 208 valence electrons. The smallest absolute Gasteiger partial charge is 0.262 e. The van der Waals surface area contributed by atoms with Gasteiger partial charge in [0.1, 0.15) is 17.3 Å². The van der Waals surface area contributed by atoms with Crippen molar-refractivity contribution in [3.8, 4) is 16.9 Å². The van der Waals surface area contributed by atoms with Crippen molar-refractivity contribution in [2.24, 2.45) is 0 Å². The second-order valence-corrected chi connectivity index (χ2v) is 11.2. The predicted molar refractivity (Wildman–Crippen MR) is 148 cm³/mol. The quantitative estimate of drug-likeness (QED) is 0.298. The van der Waals surface area contributed by atoms with Crippen molar-refractivity contribution in [2.75, 3.05) is 18.6 Å². The van der Waals surface area contributed by atoms with E-state index in [9.17, 15) is 4.79 Å². The molecule has 4 heterocycles. The number of hydrogen-bond donors (Lipinski definition) is 0. The molecule has 1 saturated heterocycles. The molecule has 2 aliphatic heterocycles. The Labute approximate surface area is 232 Å². The third-order valence-corrected chi connectivity index (χ3v) is 8.88. The number of halogens is 1. The Kier molecular flexibility index (Phi) is 6.14. The van der Waals surface area contributed by atoms with Gasteiger partial charge >= 0.3 is 0 Å². The molecule has 0 spiro atoms. The number of rotatable bonds is 5. The number of anilines is 1. The van der Waals surface area contributed by atoms with Gasteiger partial charge in [0, 0.05) is 37.2 Å². The fourth-order valence-electron chi connectivity index (χ4n) is 6.88. The molecule has 40 heavy (non-hydrogen) atoms. The monoisotopic (exact) mass is 544 g/mol. The summed E-state index contributed by atoms with van der Waals surface area (Å²) in [6.45, 7) is 4.46. The van der Waals surface area contributed by atoms with Crippen molar-refractivity contribution in [2.45, 2.75) is 76.7 Å². The van der Waals surface area contributed by atoms with Crippen molar-refractivity contribution in [1.29, 1.82) is 0 Å². The van der Waals surface area contributed by atoms with Gasteiger partial charge in [-0.05, 0) is 81.0 Å². The molecule has 2 aromatic heterocycles. The molecule has 0 bridgehead atoms. The van der Waals surface area contributed by atoms with Crippen LogP contribution >= 0.6 is 0 Å². The van der Waals surface area contributed by atoms with Crippen LogP contribution in [0, 0.1) is 13.8 Å². The minimum absolute atomic E-state index is 0.0693. The highest BCUT2D eigenvalue weighted by molar-refractivity contribution is 6.00. The fourth-order valence-corrected chi connectivity index (χ4v) is 6.88. The number of carbonyl (C=O) groups is 1. The second-order valence-electron chi connectivity index (χ2n) is 11.2. The van der Waals surface area contributed by atoms with Crippen molar-refractivity contribution in [1.82, 2.24) is 14.7 Å². The highest BCUT2D eigenvalue weighted by Crippen LogP contribution is 2.44. The Morgan fingerprint density at radius 3 is 2.65 bits per heavy atom. The van der Waals surface area contributed by atoms with Crippen LogP contribution in [0.4, 0.5) is 10.1 Å². The van der Waals surface area contributed by atoms with Gasteiger partial charge in [0.05, 0.1) is 35.5 Å². The lowest BCUT2D eigenvalue weighted by Gasteiger charge is -2.32. The Hall–Kier alpha value is -3.72. The van der Waals surface area contributed by atoms with Crippen LogP contribution in [0.5, 0.6) is 5.75 Å². The number of nitrogens with zero attached hydrogens (tertiary/aromatic N) is 4. The summed E-state index contributed by atoms with van der Waals surface area (Å²) < 4.78 is 34.3. The van der Waals surface area contributed by atoms with Crippen molar-refractivity contribution < 1.29 is 23.2 Å². The van der Waals surface area contributed by atoms with Crippen LogP contribution < -0.4 is 9.64 Å². The van der Waals surface area contributed by atoms with Crippen LogP contribution in [0.2, 0.25) is 0 Å². The largest absolute Gasteiger partial charge is 0.493 e. The van der Waals surface area contributed by atoms with Gasteiger partial charge in [0.2, 0.25) is 0 Å². The van der Waals surface area contributed by atoms with Gasteiger partial charge in [-0.25, -0.2) is 9.37 Å². The summed E-state index contributed by atoms with van der Waals surface area (Å²) in [4.78, 5) is 20.1. The molecule has 9 heteroatoms. The minimum atomic E-state index is -1.58. The predicted octanol–water partition coefficient (Wildman–Crippen LogP) is 6.19. The van der Waals surface area contributed by atoms with Gasteiger partial charge in [-0.3, -0.25) is 9.69 Å². The van der Waals surface area contributed by atoms with Gasteiger partial charge in [-0.2, -0.15) is 0 Å². The number of methoxy groups -OCH3 is 1. The topological polar surface area (TPSA) is 82.6 Å². The first-order chi connectivity index (χ1) is 19.4. The molecular formula is C31H33FN4O4. The SMILES string of the molecule is COC1CCC(n2c([C@@H]3C[C@H](F)C(=O)N3c3ccc4c(c3)CCO4)nc3cc(-c4c(C)noc4C)ccc32)CC1. The Bertz CT molecular complexity index is 1580. The van der Waals surface area contributed by atoms with Crippen LogP contribution in [-0.2, 0) is 16.0 Å². The van der Waals surface area contributed by atoms with Crippen LogP contribution in [0.15, 0.2) is 40.9 Å². The third kappa shape index (κ3) is 4.01. The zero-order valence-electron chi connectivity index (χ0n) is 23.0. The lowest BCUT2D eigenvalue weighted by molar-refractivity contribution is -0.121. The van der Waals surface area contributed by atoms with E-state index in [1.807, 2.05) is 32.0 Å². The molecule has 4 aromatic rings. The summed E-state index contributed by atoms with van der Waals surface area (Å²) in [6.07, 6.45) is 3.26. The Balaban J connectivity index is 1.36. The average molecular weight is 545 g/mol. The number of amides is 1. The van der Waals surface area contributed by atoms with Gasteiger partial charge in [-0.15, -0.1) is 0 Å². The van der Waals surface area contributed by atoms with E-state index in [0.29, 0.717) is 12.3 Å². The van der Waals surface area contributed by atoms with Crippen LogP contribution in [-0.4, -0.2) is 46.6 Å². The van der Waals surface area contributed by atoms with E-state index < -0.39 is 18.1 Å². The van der Waals surface area contributed by atoms with Crippen LogP contribution in [0.25, 0.3) is 22.2 Å². The van der Waals surface area contributed by atoms with Crippen LogP contribution in [0.3, 0.4) is 0 Å². The number of imidazole rings is 1. The van der Waals surface area contributed by atoms with E-state index in [1.165, 1.54) is 0 Å². The van der Waals surface area contributed by atoms with E-state index >= 15 is 4.39 Å². The van der Waals surface area contributed by atoms with Gasteiger partial charge in [0.25, 0.3) is 5.91 Å². The minimum Gasteiger partial charge on any atom is -0.493 e. The fraction of sp³-hybridized carbons (Fsp3) is 0.452. The number of hydrogen-bond acceptors (Lipinski definition) is 6. The van der Waals surface area contributed by atoms with E-state index in [4.69, 9.17) is 19.0 Å². The lowest BCUT2D eigenvalue weighted by Crippen LogP contribution is -2.32. The molecule has 1 aliphatic carbocycles. The summed E-state index contributed by atoms with van der Waals surface area (Å²) in [7, 11) is 1.77. The molecule has 7 rings (SSSR count). The van der Waals surface area contributed by atoms with Crippen molar-refractivity contribution >= 4 is 22.6 Å². The first-order valence-electron chi connectivity index (χ1n) is 14.1. The maximum Gasteiger partial charge on any atom is 0.262 e. The number of carbonyl (C=O) groups excluding carboxylic acids is 1. The molecule has 0 N–H and O–H groups in total. The molecule has 2 atom stereocenters. The molecular weight excluding hydrogens is 511 g/mol. The summed E-state index contributed by atoms with van der Waals surface area (Å²) in [5, 5.41) is 4.12. The lowest BCUT2D eigenvalue weighted by atomic mass is 9.92. The molecule has 0 unspecified atom stereocenters. The summed E-state index contributed by atoms with van der Waals surface area (Å²) in [6, 6.07) is 11.6. The first kappa shape index (κ1) is 25.3. The number of ether oxygens (including phenoxy) is 2. The van der Waals surface area contributed by atoms with Crippen molar-refractivity contribution in [3.63, 3.8) is 0 Å². The maximum atomic E-state index is 15.2. The van der Waals surface area contributed by atoms with E-state index in [1.54, 1.807) is 12.0 Å². The van der Waals surface area contributed by atoms with Gasteiger partial charge in [-0.1, -0.05) is 11.2 Å². The number of fused-ring (bicyclic) bond motifs is 2. The van der Waals surface area contributed by atoms with Crippen molar-refractivity contribution in [3.05, 3.63) is 59.2 Å². The molecule has 0 radical (unpaired) electrons. The van der Waals surface area contributed by atoms with Gasteiger partial charge < -0.3 is 18.6 Å². The molecule has 8 nitrogen and oxygen atoms in total. The molecule has 1 amide bonds. The highest BCUT2D eigenvalue weighted by Gasteiger charge is 2.45. The van der Waals surface area contributed by atoms with E-state index in [2.05, 4.69) is 27.9 Å². The highest BCUT2D eigenvalue weighted by atomic mass is 19.1. The number of aryl methyl sites for hydroxylation is 2. The summed E-state index contributed by atoms with van der Waals surface area (Å²) in [5.74, 6) is 1.81. The summed E-state index contributed by atoms with van der Waals surface area (Å²) in [5.41, 5.74) is 6.30. The van der Waals surface area contributed by atoms with E-state index in [0.717, 1.165) is 82.9 Å². The molecule has 2 fully saturated rings. The molecule has 1 saturated carbocycles. The maximum absolute atomic E-state index is 15.2. The third-order valence-electron chi connectivity index (χ3n) is 8.88. The summed E-state index contributed by atoms with van der Waals surface area (Å²) >= 11 is 0. The number of benzene rings is 2. The number of alkyl halides is 1. The second kappa shape index (κ2) is 9.73. The zero-order chi connectivity index (χ0) is 27.5. The Morgan fingerprint density at radius 1 is 1.07 bits per heavy atom. The zero-order valence-corrected chi connectivity index (χ0v) is 23.0. The average Bonchev–Trinajstić information content (AvgIpc) is 3.73. The Morgan fingerprint density at radius 2 is 1.90 bits per heavy atom. The van der Waals surface area contributed by atoms with Crippen LogP contribution in [0.1, 0.15) is 67.0 Å². The standard InChI is InChI=1S/C31H33FN4O4/c1-17-29(18(2)40-34-17)20-4-10-26-25(15-20)33-30(35(26)21-5-8-23(38-3)9-6-21)27-16-24(32)31(37)36(27)22-7-11-28-19(14-22)12-13-39-28/h4,7,10-11,14-15,21,23-24,27H,5-6,8-9,12-13,16H2,1-3H3/t21?,23?,24-,27-/m0/s1. The number of aromatic nitrogens is 3. The molecule has 3 aliphatic rings. The first-order valence-corrected chi connectivity index (χ1v) is 14.1.